The van der Waals surface area contributed by atoms with Gasteiger partial charge in [-0.1, -0.05) is 192 Å². The molecule has 2 rings (SSSR count). The second-order valence-electron chi connectivity index (χ2n) is 19.7. The van der Waals surface area contributed by atoms with Crippen molar-refractivity contribution in [1.29, 1.82) is 0 Å². The zero-order valence-electron chi connectivity index (χ0n) is 47.1. The van der Waals surface area contributed by atoms with Crippen molar-refractivity contribution in [3.63, 3.8) is 0 Å². The number of hydrogen-bond donors (Lipinski definition) is 9. The summed E-state index contributed by atoms with van der Waals surface area (Å²) in [6, 6.07) is -0.947. The molecule has 9 N–H and O–H groups in total. The van der Waals surface area contributed by atoms with Crippen LogP contribution in [-0.4, -0.2) is 140 Å². The third kappa shape index (κ3) is 32.8. The highest BCUT2D eigenvalue weighted by Crippen LogP contribution is 2.30. The molecule has 2 aliphatic heterocycles. The molecule has 78 heavy (non-hydrogen) atoms. The summed E-state index contributed by atoms with van der Waals surface area (Å²) in [4.78, 5) is 13.1. The first-order valence-corrected chi connectivity index (χ1v) is 29.1. The molecule has 0 spiro atoms. The average Bonchev–Trinajstić information content (AvgIpc) is 3.47. The van der Waals surface area contributed by atoms with Crippen LogP contribution in [0.15, 0.2) is 146 Å². The molecule has 1 amide bonds. The number of carbonyl (C=O) groups is 1. The van der Waals surface area contributed by atoms with Gasteiger partial charge in [0.1, 0.15) is 48.8 Å². The maximum atomic E-state index is 13.1. The Morgan fingerprint density at radius 3 is 1.40 bits per heavy atom. The van der Waals surface area contributed by atoms with Crippen LogP contribution in [0.3, 0.4) is 0 Å². The van der Waals surface area contributed by atoms with E-state index < -0.39 is 86.8 Å². The largest absolute Gasteiger partial charge is 0.394 e. The fourth-order valence-corrected chi connectivity index (χ4v) is 8.34. The lowest BCUT2D eigenvalue weighted by molar-refractivity contribution is -0.359. The van der Waals surface area contributed by atoms with Gasteiger partial charge in [-0.3, -0.25) is 4.79 Å². The lowest BCUT2D eigenvalue weighted by atomic mass is 9.97. The Hall–Kier alpha value is -4.13. The van der Waals surface area contributed by atoms with E-state index in [-0.39, 0.29) is 18.9 Å². The lowest BCUT2D eigenvalue weighted by Crippen LogP contribution is -2.65. The van der Waals surface area contributed by atoms with Gasteiger partial charge in [0.15, 0.2) is 12.6 Å². The van der Waals surface area contributed by atoms with E-state index in [1.807, 2.05) is 6.08 Å². The second-order valence-corrected chi connectivity index (χ2v) is 19.7. The van der Waals surface area contributed by atoms with Gasteiger partial charge in [-0.15, -0.1) is 0 Å². The molecule has 2 aliphatic rings. The van der Waals surface area contributed by atoms with Crippen LogP contribution in [0.2, 0.25) is 0 Å². The normalized spacial score (nSPS) is 25.7. The fourth-order valence-electron chi connectivity index (χ4n) is 8.34. The Kier molecular flexibility index (Phi) is 42.8. The van der Waals surface area contributed by atoms with Gasteiger partial charge < -0.3 is 65.1 Å². The van der Waals surface area contributed by atoms with E-state index in [1.165, 1.54) is 0 Å². The minimum absolute atomic E-state index is 0.245. The molecule has 0 aliphatic carbocycles. The molecule has 0 saturated carbocycles. The summed E-state index contributed by atoms with van der Waals surface area (Å²) in [6.07, 6.45) is 55.2. The summed E-state index contributed by atoms with van der Waals surface area (Å²) in [5, 5.41) is 86.5. The Balaban J connectivity index is 1.62. The quantitative estimate of drug-likeness (QED) is 0.0205. The predicted molar refractivity (Wildman–Crippen MR) is 313 cm³/mol. The number of aliphatic hydroxyl groups excluding tert-OH is 8. The van der Waals surface area contributed by atoms with Gasteiger partial charge in [0.25, 0.3) is 0 Å². The average molecular weight is 1090 g/mol. The number of unbranched alkanes of at least 4 members (excludes halogenated alkanes) is 8. The van der Waals surface area contributed by atoms with Crippen molar-refractivity contribution in [2.75, 3.05) is 19.8 Å². The first kappa shape index (κ1) is 70.0. The molecular weight excluding hydrogens is 991 g/mol. The summed E-state index contributed by atoms with van der Waals surface area (Å²) in [6.45, 7) is 2.49. The van der Waals surface area contributed by atoms with Crippen LogP contribution in [-0.2, 0) is 23.7 Å². The van der Waals surface area contributed by atoms with Gasteiger partial charge in [0.05, 0.1) is 32.0 Å². The molecule has 0 radical (unpaired) electrons. The van der Waals surface area contributed by atoms with Crippen LogP contribution in [0.4, 0.5) is 0 Å². The Morgan fingerprint density at radius 2 is 0.897 bits per heavy atom. The molecule has 440 valence electrons. The van der Waals surface area contributed by atoms with Gasteiger partial charge >= 0.3 is 0 Å². The van der Waals surface area contributed by atoms with Crippen LogP contribution >= 0.6 is 0 Å². The number of nitrogens with one attached hydrogen (secondary N) is 1. The van der Waals surface area contributed by atoms with Crippen LogP contribution < -0.4 is 5.32 Å². The Labute approximate surface area is 468 Å². The summed E-state index contributed by atoms with van der Waals surface area (Å²) in [5.41, 5.74) is 0. The van der Waals surface area contributed by atoms with E-state index in [2.05, 4.69) is 153 Å². The molecule has 12 unspecified atom stereocenters. The summed E-state index contributed by atoms with van der Waals surface area (Å²) >= 11 is 0. The number of allylic oxidation sites excluding steroid dienone is 23. The molecule has 2 saturated heterocycles. The highest BCUT2D eigenvalue weighted by molar-refractivity contribution is 5.76. The van der Waals surface area contributed by atoms with Crippen LogP contribution in [0.25, 0.3) is 0 Å². The number of rotatable bonds is 43. The minimum Gasteiger partial charge on any atom is -0.394 e. The number of aliphatic hydroxyl groups is 8. The molecule has 12 atom stereocenters. The Bertz CT molecular complexity index is 1860. The molecule has 0 bridgehead atoms. The first-order chi connectivity index (χ1) is 38.1. The smallest absolute Gasteiger partial charge is 0.220 e. The van der Waals surface area contributed by atoms with E-state index in [4.69, 9.17) is 18.9 Å². The minimum atomic E-state index is -1.80. The monoisotopic (exact) mass is 1090 g/mol. The highest BCUT2D eigenvalue weighted by Gasteiger charge is 2.51. The van der Waals surface area contributed by atoms with Crippen molar-refractivity contribution in [3.8, 4) is 0 Å². The maximum absolute atomic E-state index is 13.1. The van der Waals surface area contributed by atoms with Crippen molar-refractivity contribution in [2.24, 2.45) is 0 Å². The number of hydrogen-bond acceptors (Lipinski definition) is 13. The van der Waals surface area contributed by atoms with E-state index in [1.54, 1.807) is 6.08 Å². The van der Waals surface area contributed by atoms with Gasteiger partial charge in [-0.05, 0) is 103 Å². The molecular formula is C64H101NO13. The van der Waals surface area contributed by atoms with Crippen molar-refractivity contribution in [2.45, 2.75) is 229 Å². The number of carbonyl (C=O) groups excluding carboxylic acids is 1. The molecule has 0 aromatic heterocycles. The highest BCUT2D eigenvalue weighted by atomic mass is 16.7. The van der Waals surface area contributed by atoms with Crippen molar-refractivity contribution < 1.29 is 64.6 Å². The summed E-state index contributed by atoms with van der Waals surface area (Å²) < 4.78 is 22.6. The van der Waals surface area contributed by atoms with Crippen LogP contribution in [0.1, 0.15) is 155 Å². The molecule has 14 nitrogen and oxygen atoms in total. The zero-order valence-corrected chi connectivity index (χ0v) is 47.1. The standard InChI is InChI=1S/C64H101NO13/c1-3-5-7-9-11-12-13-14-15-16-17-18-19-20-21-22-23-24-25-26-27-28-29-30-31-32-33-34-35-36-37-38-39-40-42-44-46-48-56(69)65-52(53(68)47-45-43-41-10-8-6-4-2)51-75-63-61(74)59(72)62(55(50-67)77-63)78-64-60(73)58(71)57(70)54(49-66)76-64/h5,7-8,10-12,14-15,17-18,20-21,23-24,26-27,29-30,32-33,35-36,45,47,52-55,57-64,66-68,70-74H,3-4,6,9,13,16,19,22,25,28,31,34,37-44,46,48-51H2,1-2H3,(H,65,69)/b7-5-,10-8+,12-11-,15-14-,18-17-,21-20-,24-23-,27-26-,30-29-,33-32-,36-35-,47-45+. The van der Waals surface area contributed by atoms with Crippen molar-refractivity contribution >= 4 is 5.91 Å². The fraction of sp³-hybridized carbons (Fsp3) is 0.609. The molecule has 0 aromatic carbocycles. The maximum Gasteiger partial charge on any atom is 0.220 e. The third-order valence-corrected chi connectivity index (χ3v) is 13.0. The predicted octanol–water partition coefficient (Wildman–Crippen LogP) is 9.77. The van der Waals surface area contributed by atoms with Crippen molar-refractivity contribution in [3.05, 3.63) is 146 Å². The van der Waals surface area contributed by atoms with E-state index in [0.717, 1.165) is 122 Å². The van der Waals surface area contributed by atoms with E-state index in [0.29, 0.717) is 12.8 Å². The zero-order chi connectivity index (χ0) is 56.7. The van der Waals surface area contributed by atoms with Crippen molar-refractivity contribution in [1.82, 2.24) is 5.32 Å². The molecule has 14 heteroatoms. The lowest BCUT2D eigenvalue weighted by Gasteiger charge is -2.46. The van der Waals surface area contributed by atoms with Gasteiger partial charge in [0.2, 0.25) is 5.91 Å². The summed E-state index contributed by atoms with van der Waals surface area (Å²) in [5.74, 6) is -0.277. The van der Waals surface area contributed by atoms with Crippen LogP contribution in [0, 0.1) is 0 Å². The SMILES string of the molecule is CC/C=C\C/C=C\C/C=C\C/C=C\C/C=C\C/C=C\C/C=C\C/C=C\C/C=C\C/C=C\CCCCCCCCC(=O)NC(COC1OC(CO)C(OC2OC(CO)C(O)C(O)C2O)C(O)C1O)C(O)/C=C/CC/C=C/CCC. The molecule has 2 fully saturated rings. The molecule has 0 aromatic rings. The molecule has 2 heterocycles. The van der Waals surface area contributed by atoms with Gasteiger partial charge in [-0.25, -0.2) is 0 Å². The van der Waals surface area contributed by atoms with Gasteiger partial charge in [0, 0.05) is 6.42 Å². The van der Waals surface area contributed by atoms with Crippen LogP contribution in [0.5, 0.6) is 0 Å². The Morgan fingerprint density at radius 1 is 0.474 bits per heavy atom. The van der Waals surface area contributed by atoms with E-state index >= 15 is 0 Å². The van der Waals surface area contributed by atoms with E-state index in [9.17, 15) is 45.6 Å². The number of ether oxygens (including phenoxy) is 4. The van der Waals surface area contributed by atoms with Gasteiger partial charge in [-0.2, -0.15) is 0 Å². The topological polar surface area (TPSA) is 228 Å². The summed E-state index contributed by atoms with van der Waals surface area (Å²) in [7, 11) is 0. The number of amides is 1. The first-order valence-electron chi connectivity index (χ1n) is 29.1. The third-order valence-electron chi connectivity index (χ3n) is 13.0. The second kappa shape index (κ2) is 47.7.